The van der Waals surface area contributed by atoms with Gasteiger partial charge in [-0.1, -0.05) is 0 Å². The second-order valence-corrected chi connectivity index (χ2v) is 5.04. The zero-order valence-electron chi connectivity index (χ0n) is 9.99. The second kappa shape index (κ2) is 5.62. The summed E-state index contributed by atoms with van der Waals surface area (Å²) < 4.78 is 5.46. The summed E-state index contributed by atoms with van der Waals surface area (Å²) in [6.07, 6.45) is 1.47. The first-order valence-electron chi connectivity index (χ1n) is 5.82. The Balaban J connectivity index is 1.93. The fourth-order valence-electron chi connectivity index (χ4n) is 2.09. The molecule has 1 amide bonds. The lowest BCUT2D eigenvalue weighted by Gasteiger charge is -2.34. The molecular weight excluding hydrogens is 236 g/mol. The average Bonchev–Trinajstić information content (AvgIpc) is 2.90. The fraction of sp³-hybridized carbons (Fsp3) is 0.583. The van der Waals surface area contributed by atoms with Gasteiger partial charge < -0.3 is 15.4 Å². The van der Waals surface area contributed by atoms with Crippen molar-refractivity contribution in [1.29, 1.82) is 0 Å². The molecular formula is C12H18N2O2S. The molecule has 0 atom stereocenters. The zero-order chi connectivity index (χ0) is 12.1. The van der Waals surface area contributed by atoms with Crippen LogP contribution in [0.15, 0.2) is 16.8 Å². The largest absolute Gasteiger partial charge is 0.368 e. The Hall–Kier alpha value is -0.910. The van der Waals surface area contributed by atoms with Crippen molar-refractivity contribution < 1.29 is 9.53 Å². The van der Waals surface area contributed by atoms with E-state index in [0.29, 0.717) is 6.54 Å². The Morgan fingerprint density at radius 1 is 1.59 bits per heavy atom. The predicted octanol–water partition coefficient (Wildman–Crippen LogP) is 1.13. The number of methoxy groups -OCH3 is 1. The van der Waals surface area contributed by atoms with Gasteiger partial charge in [0.05, 0.1) is 0 Å². The van der Waals surface area contributed by atoms with Crippen LogP contribution in [0.4, 0.5) is 0 Å². The molecule has 0 saturated carbocycles. The van der Waals surface area contributed by atoms with Gasteiger partial charge in [-0.3, -0.25) is 4.79 Å². The first kappa shape index (κ1) is 12.5. The van der Waals surface area contributed by atoms with Gasteiger partial charge in [-0.2, -0.15) is 11.3 Å². The molecule has 4 nitrogen and oxygen atoms in total. The van der Waals surface area contributed by atoms with Gasteiger partial charge in [0.2, 0.25) is 0 Å². The Morgan fingerprint density at radius 2 is 2.35 bits per heavy atom. The smallest absolute Gasteiger partial charge is 0.252 e. The molecule has 5 heteroatoms. The molecule has 2 rings (SSSR count). The molecule has 0 spiro atoms. The lowest BCUT2D eigenvalue weighted by molar-refractivity contribution is -0.146. The topological polar surface area (TPSA) is 50.4 Å². The normalized spacial score (nSPS) is 18.9. The van der Waals surface area contributed by atoms with Crippen molar-refractivity contribution in [1.82, 2.24) is 10.6 Å². The van der Waals surface area contributed by atoms with Gasteiger partial charge in [0.25, 0.3) is 5.91 Å². The number of piperidine rings is 1. The highest BCUT2D eigenvalue weighted by atomic mass is 32.1. The van der Waals surface area contributed by atoms with E-state index in [1.807, 2.05) is 16.8 Å². The molecule has 17 heavy (non-hydrogen) atoms. The van der Waals surface area contributed by atoms with E-state index in [2.05, 4.69) is 10.6 Å². The molecule has 0 bridgehead atoms. The molecule has 0 aromatic carbocycles. The summed E-state index contributed by atoms with van der Waals surface area (Å²) in [5.74, 6) is 0.00713. The maximum atomic E-state index is 12.2. The summed E-state index contributed by atoms with van der Waals surface area (Å²) >= 11 is 1.64. The van der Waals surface area contributed by atoms with E-state index in [1.54, 1.807) is 18.4 Å². The third-order valence-corrected chi connectivity index (χ3v) is 3.98. The van der Waals surface area contributed by atoms with Crippen LogP contribution in [-0.2, 0) is 16.1 Å². The van der Waals surface area contributed by atoms with Crippen LogP contribution in [0.3, 0.4) is 0 Å². The standard InChI is InChI=1S/C12H18N2O2S/c1-16-12(3-5-13-6-4-12)11(15)14-8-10-2-7-17-9-10/h2,7,9,13H,3-6,8H2,1H3,(H,14,15). The number of ether oxygens (including phenoxy) is 1. The maximum absolute atomic E-state index is 12.2. The number of carbonyl (C=O) groups excluding carboxylic acids is 1. The number of rotatable bonds is 4. The van der Waals surface area contributed by atoms with Crippen molar-refractivity contribution in [2.24, 2.45) is 0 Å². The Kier molecular flexibility index (Phi) is 4.15. The van der Waals surface area contributed by atoms with Gasteiger partial charge in [-0.15, -0.1) is 0 Å². The van der Waals surface area contributed by atoms with E-state index in [4.69, 9.17) is 4.74 Å². The third-order valence-electron chi connectivity index (χ3n) is 3.25. The van der Waals surface area contributed by atoms with Crippen molar-refractivity contribution in [2.75, 3.05) is 20.2 Å². The molecule has 0 unspecified atom stereocenters. The van der Waals surface area contributed by atoms with Crippen LogP contribution in [0.2, 0.25) is 0 Å². The highest BCUT2D eigenvalue weighted by Crippen LogP contribution is 2.22. The van der Waals surface area contributed by atoms with Gasteiger partial charge in [0, 0.05) is 13.7 Å². The summed E-state index contributed by atoms with van der Waals surface area (Å²) in [5, 5.41) is 10.3. The predicted molar refractivity (Wildman–Crippen MR) is 68.0 cm³/mol. The quantitative estimate of drug-likeness (QED) is 0.847. The molecule has 1 aromatic heterocycles. The van der Waals surface area contributed by atoms with Crippen LogP contribution in [0.5, 0.6) is 0 Å². The summed E-state index contributed by atoms with van der Waals surface area (Å²) in [6.45, 7) is 2.25. The van der Waals surface area contributed by atoms with Crippen LogP contribution in [-0.4, -0.2) is 31.7 Å². The molecule has 1 aliphatic heterocycles. The summed E-state index contributed by atoms with van der Waals surface area (Å²) in [7, 11) is 1.62. The van der Waals surface area contributed by atoms with Gasteiger partial charge in [0.15, 0.2) is 0 Å². The van der Waals surface area contributed by atoms with Crippen molar-refractivity contribution in [2.45, 2.75) is 25.0 Å². The summed E-state index contributed by atoms with van der Waals surface area (Å²) in [4.78, 5) is 12.2. The van der Waals surface area contributed by atoms with Crippen molar-refractivity contribution in [3.05, 3.63) is 22.4 Å². The highest BCUT2D eigenvalue weighted by Gasteiger charge is 2.39. The Labute approximate surface area is 105 Å². The minimum atomic E-state index is -0.638. The van der Waals surface area contributed by atoms with Crippen LogP contribution in [0, 0.1) is 0 Å². The minimum absolute atomic E-state index is 0.00713. The number of thiophene rings is 1. The summed E-state index contributed by atoms with van der Waals surface area (Å²) in [6, 6.07) is 2.02. The van der Waals surface area contributed by atoms with Crippen LogP contribution in [0.1, 0.15) is 18.4 Å². The monoisotopic (exact) mass is 254 g/mol. The molecule has 1 aliphatic rings. The lowest BCUT2D eigenvalue weighted by atomic mass is 9.91. The number of amides is 1. The molecule has 0 aliphatic carbocycles. The van der Waals surface area contributed by atoms with Crippen molar-refractivity contribution in [3.63, 3.8) is 0 Å². The van der Waals surface area contributed by atoms with Gasteiger partial charge >= 0.3 is 0 Å². The van der Waals surface area contributed by atoms with E-state index < -0.39 is 5.60 Å². The number of carbonyl (C=O) groups is 1. The number of hydrogen-bond donors (Lipinski definition) is 2. The van der Waals surface area contributed by atoms with Gasteiger partial charge in [-0.05, 0) is 48.3 Å². The highest BCUT2D eigenvalue weighted by molar-refractivity contribution is 7.07. The number of hydrogen-bond acceptors (Lipinski definition) is 4. The molecule has 2 heterocycles. The fourth-order valence-corrected chi connectivity index (χ4v) is 2.76. The van der Waals surface area contributed by atoms with E-state index in [-0.39, 0.29) is 5.91 Å². The molecule has 2 N–H and O–H groups in total. The molecule has 1 aromatic rings. The van der Waals surface area contributed by atoms with E-state index in [9.17, 15) is 4.79 Å². The van der Waals surface area contributed by atoms with Crippen LogP contribution >= 0.6 is 11.3 Å². The van der Waals surface area contributed by atoms with E-state index >= 15 is 0 Å². The van der Waals surface area contributed by atoms with Crippen LogP contribution < -0.4 is 10.6 Å². The molecule has 1 fully saturated rings. The molecule has 1 saturated heterocycles. The zero-order valence-corrected chi connectivity index (χ0v) is 10.8. The van der Waals surface area contributed by atoms with E-state index in [0.717, 1.165) is 31.5 Å². The second-order valence-electron chi connectivity index (χ2n) is 4.26. The SMILES string of the molecule is COC1(C(=O)NCc2ccsc2)CCNCC1. The Bertz CT molecular complexity index is 359. The maximum Gasteiger partial charge on any atom is 0.252 e. The van der Waals surface area contributed by atoms with Crippen LogP contribution in [0.25, 0.3) is 0 Å². The number of nitrogens with one attached hydrogen (secondary N) is 2. The third kappa shape index (κ3) is 2.86. The van der Waals surface area contributed by atoms with Gasteiger partial charge in [-0.25, -0.2) is 0 Å². The lowest BCUT2D eigenvalue weighted by Crippen LogP contribution is -2.53. The van der Waals surface area contributed by atoms with E-state index in [1.165, 1.54) is 0 Å². The van der Waals surface area contributed by atoms with Gasteiger partial charge in [0.1, 0.15) is 5.60 Å². The summed E-state index contributed by atoms with van der Waals surface area (Å²) in [5.41, 5.74) is 0.505. The average molecular weight is 254 g/mol. The Morgan fingerprint density at radius 3 is 2.94 bits per heavy atom. The van der Waals surface area contributed by atoms with Crippen molar-refractivity contribution >= 4 is 17.2 Å². The molecule has 94 valence electrons. The van der Waals surface area contributed by atoms with Crippen molar-refractivity contribution in [3.8, 4) is 0 Å². The minimum Gasteiger partial charge on any atom is -0.368 e. The first-order valence-corrected chi connectivity index (χ1v) is 6.76. The first-order chi connectivity index (χ1) is 8.27. The molecule has 0 radical (unpaired) electrons.